The van der Waals surface area contributed by atoms with Crippen LogP contribution in [0.5, 0.6) is 11.5 Å². The van der Waals surface area contributed by atoms with Crippen molar-refractivity contribution in [1.82, 2.24) is 20.4 Å². The standard InChI is InChI=1S/C25H43N5O2/c1-6-26-24(28-20(2)22-18-21(31-4)10-11-23(22)32-5)27-19-25(12-16-29(3)17-13-25)30-14-8-7-9-15-30/h10-11,18,20H,6-9,12-17,19H2,1-5H3,(H2,26,27,28). The van der Waals surface area contributed by atoms with E-state index in [-0.39, 0.29) is 11.6 Å². The average Bonchev–Trinajstić information content (AvgIpc) is 2.84. The van der Waals surface area contributed by atoms with E-state index in [2.05, 4.69) is 41.3 Å². The molecule has 2 fully saturated rings. The van der Waals surface area contributed by atoms with E-state index in [1.165, 1.54) is 45.2 Å². The molecule has 2 N–H and O–H groups in total. The quantitative estimate of drug-likeness (QED) is 0.473. The van der Waals surface area contributed by atoms with E-state index in [0.717, 1.165) is 49.2 Å². The number of likely N-dealkylation sites (tertiary alicyclic amines) is 2. The summed E-state index contributed by atoms with van der Waals surface area (Å²) in [5.41, 5.74) is 1.23. The predicted molar refractivity (Wildman–Crippen MR) is 132 cm³/mol. The molecule has 7 heteroatoms. The lowest BCUT2D eigenvalue weighted by Crippen LogP contribution is -2.58. The molecule has 1 aromatic carbocycles. The van der Waals surface area contributed by atoms with Crippen molar-refractivity contribution in [1.29, 1.82) is 0 Å². The molecule has 0 bridgehead atoms. The summed E-state index contributed by atoms with van der Waals surface area (Å²) in [4.78, 5) is 10.3. The van der Waals surface area contributed by atoms with E-state index in [1.54, 1.807) is 14.2 Å². The molecule has 0 aliphatic carbocycles. The van der Waals surface area contributed by atoms with Crippen LogP contribution in [-0.4, -0.2) is 81.8 Å². The summed E-state index contributed by atoms with van der Waals surface area (Å²) in [6.45, 7) is 10.6. The maximum absolute atomic E-state index is 5.60. The zero-order chi connectivity index (χ0) is 23.0. The summed E-state index contributed by atoms with van der Waals surface area (Å²) < 4.78 is 11.0. The zero-order valence-corrected chi connectivity index (χ0v) is 20.7. The van der Waals surface area contributed by atoms with Gasteiger partial charge in [0.25, 0.3) is 0 Å². The molecular weight excluding hydrogens is 402 g/mol. The number of piperidine rings is 2. The Kier molecular flexibility index (Phi) is 9.05. The molecule has 1 atom stereocenters. The molecule has 0 amide bonds. The van der Waals surface area contributed by atoms with E-state index >= 15 is 0 Å². The van der Waals surface area contributed by atoms with Crippen molar-refractivity contribution in [3.8, 4) is 11.5 Å². The fourth-order valence-corrected chi connectivity index (χ4v) is 4.98. The second kappa shape index (κ2) is 11.8. The largest absolute Gasteiger partial charge is 0.497 e. The molecule has 2 heterocycles. The fraction of sp³-hybridized carbons (Fsp3) is 0.720. The second-order valence-electron chi connectivity index (χ2n) is 9.24. The molecular formula is C25H43N5O2. The van der Waals surface area contributed by atoms with Crippen LogP contribution < -0.4 is 20.1 Å². The van der Waals surface area contributed by atoms with Crippen LogP contribution in [0, 0.1) is 0 Å². The number of hydrogen-bond donors (Lipinski definition) is 2. The van der Waals surface area contributed by atoms with Crippen LogP contribution in [0.2, 0.25) is 0 Å². The molecule has 2 saturated heterocycles. The van der Waals surface area contributed by atoms with Crippen molar-refractivity contribution in [3.63, 3.8) is 0 Å². The van der Waals surface area contributed by atoms with E-state index in [1.807, 2.05) is 18.2 Å². The lowest BCUT2D eigenvalue weighted by molar-refractivity contribution is 0.0208. The first kappa shape index (κ1) is 24.6. The van der Waals surface area contributed by atoms with Gasteiger partial charge in [-0.15, -0.1) is 0 Å². The Morgan fingerprint density at radius 1 is 1.09 bits per heavy atom. The first-order chi connectivity index (χ1) is 15.5. The molecule has 0 saturated carbocycles. The number of benzene rings is 1. The number of methoxy groups -OCH3 is 2. The monoisotopic (exact) mass is 445 g/mol. The van der Waals surface area contributed by atoms with E-state index in [4.69, 9.17) is 14.5 Å². The minimum atomic E-state index is 0.0290. The van der Waals surface area contributed by atoms with Gasteiger partial charge >= 0.3 is 0 Å². The Bertz CT molecular complexity index is 740. The molecule has 2 aliphatic heterocycles. The van der Waals surface area contributed by atoms with Gasteiger partial charge in [0.05, 0.1) is 26.8 Å². The number of guanidine groups is 1. The number of ether oxygens (including phenoxy) is 2. The Labute approximate surface area is 194 Å². The molecule has 0 aromatic heterocycles. The summed E-state index contributed by atoms with van der Waals surface area (Å²) in [6, 6.07) is 5.95. The van der Waals surface area contributed by atoms with Crippen molar-refractivity contribution in [3.05, 3.63) is 23.8 Å². The summed E-state index contributed by atoms with van der Waals surface area (Å²) in [5, 5.41) is 7.06. The zero-order valence-electron chi connectivity index (χ0n) is 20.7. The smallest absolute Gasteiger partial charge is 0.191 e. The van der Waals surface area contributed by atoms with Crippen molar-refractivity contribution in [2.24, 2.45) is 4.99 Å². The third kappa shape index (κ3) is 6.07. The third-order valence-corrected chi connectivity index (χ3v) is 7.08. The van der Waals surface area contributed by atoms with Gasteiger partial charge in [-0.2, -0.15) is 0 Å². The van der Waals surface area contributed by atoms with Gasteiger partial charge in [0.1, 0.15) is 11.5 Å². The van der Waals surface area contributed by atoms with E-state index < -0.39 is 0 Å². The van der Waals surface area contributed by atoms with Gasteiger partial charge in [-0.25, -0.2) is 0 Å². The van der Waals surface area contributed by atoms with Crippen LogP contribution in [0.25, 0.3) is 0 Å². The molecule has 0 spiro atoms. The van der Waals surface area contributed by atoms with Crippen LogP contribution in [0.3, 0.4) is 0 Å². The van der Waals surface area contributed by atoms with Crippen molar-refractivity contribution in [2.45, 2.75) is 57.5 Å². The van der Waals surface area contributed by atoms with E-state index in [0.29, 0.717) is 0 Å². The van der Waals surface area contributed by atoms with Gasteiger partial charge in [0.2, 0.25) is 0 Å². The Morgan fingerprint density at radius 2 is 1.81 bits per heavy atom. The first-order valence-corrected chi connectivity index (χ1v) is 12.2. The van der Waals surface area contributed by atoms with Crippen molar-refractivity contribution >= 4 is 5.96 Å². The van der Waals surface area contributed by atoms with Crippen LogP contribution in [-0.2, 0) is 0 Å². The average molecular weight is 446 g/mol. The van der Waals surface area contributed by atoms with E-state index in [9.17, 15) is 0 Å². The number of nitrogens with zero attached hydrogens (tertiary/aromatic N) is 3. The lowest BCUT2D eigenvalue weighted by atomic mass is 9.84. The minimum Gasteiger partial charge on any atom is -0.497 e. The van der Waals surface area contributed by atoms with Gasteiger partial charge < -0.3 is 25.0 Å². The van der Waals surface area contributed by atoms with Crippen LogP contribution in [0.1, 0.15) is 57.6 Å². The number of aliphatic imine (C=N–C) groups is 1. The topological polar surface area (TPSA) is 61.4 Å². The van der Waals surface area contributed by atoms with Crippen LogP contribution >= 0.6 is 0 Å². The fourth-order valence-electron chi connectivity index (χ4n) is 4.98. The molecule has 7 nitrogen and oxygen atoms in total. The highest BCUT2D eigenvalue weighted by Gasteiger charge is 2.39. The highest BCUT2D eigenvalue weighted by atomic mass is 16.5. The molecule has 2 aliphatic rings. The SMILES string of the molecule is CCNC(=NCC1(N2CCCCC2)CCN(C)CC1)NC(C)c1cc(OC)ccc1OC. The molecule has 0 radical (unpaired) electrons. The number of nitrogens with one attached hydrogen (secondary N) is 2. The van der Waals surface area contributed by atoms with Gasteiger partial charge in [0.15, 0.2) is 5.96 Å². The first-order valence-electron chi connectivity index (χ1n) is 12.2. The normalized spacial score (nSPS) is 21.1. The Hall–Kier alpha value is -1.99. The summed E-state index contributed by atoms with van der Waals surface area (Å²) in [7, 11) is 5.63. The summed E-state index contributed by atoms with van der Waals surface area (Å²) >= 11 is 0. The number of rotatable bonds is 8. The highest BCUT2D eigenvalue weighted by molar-refractivity contribution is 5.80. The van der Waals surface area contributed by atoms with Gasteiger partial charge in [0, 0.05) is 17.6 Å². The highest BCUT2D eigenvalue weighted by Crippen LogP contribution is 2.32. The van der Waals surface area contributed by atoms with Gasteiger partial charge in [-0.3, -0.25) is 9.89 Å². The van der Waals surface area contributed by atoms with Crippen molar-refractivity contribution < 1.29 is 9.47 Å². The maximum atomic E-state index is 5.60. The van der Waals surface area contributed by atoms with Gasteiger partial charge in [-0.1, -0.05) is 6.42 Å². The minimum absolute atomic E-state index is 0.0290. The summed E-state index contributed by atoms with van der Waals surface area (Å²) in [5.74, 6) is 2.54. The predicted octanol–water partition coefficient (Wildman–Crippen LogP) is 3.27. The summed E-state index contributed by atoms with van der Waals surface area (Å²) in [6.07, 6.45) is 6.36. The van der Waals surface area contributed by atoms with Gasteiger partial charge in [-0.05, 0) is 91.0 Å². The lowest BCUT2D eigenvalue weighted by Gasteiger charge is -2.49. The number of hydrogen-bond acceptors (Lipinski definition) is 5. The molecule has 180 valence electrons. The Balaban J connectivity index is 1.78. The second-order valence-corrected chi connectivity index (χ2v) is 9.24. The Morgan fingerprint density at radius 3 is 2.44 bits per heavy atom. The maximum Gasteiger partial charge on any atom is 0.191 e. The van der Waals surface area contributed by atoms with Crippen LogP contribution in [0.4, 0.5) is 0 Å². The van der Waals surface area contributed by atoms with Crippen molar-refractivity contribution in [2.75, 3.05) is 60.5 Å². The molecule has 1 unspecified atom stereocenters. The third-order valence-electron chi connectivity index (χ3n) is 7.08. The molecule has 32 heavy (non-hydrogen) atoms. The molecule has 1 aromatic rings. The molecule has 3 rings (SSSR count). The van der Waals surface area contributed by atoms with Crippen LogP contribution in [0.15, 0.2) is 23.2 Å².